The van der Waals surface area contributed by atoms with Crippen LogP contribution in [0.5, 0.6) is 0 Å². The van der Waals surface area contributed by atoms with Crippen molar-refractivity contribution in [1.29, 1.82) is 0 Å². The lowest BCUT2D eigenvalue weighted by molar-refractivity contribution is 0.0945. The summed E-state index contributed by atoms with van der Waals surface area (Å²) in [7, 11) is 0. The molecule has 0 radical (unpaired) electrons. The molecule has 2 aromatic carbocycles. The quantitative estimate of drug-likeness (QED) is 0.487. The zero-order valence-electron chi connectivity index (χ0n) is 17.5. The minimum atomic E-state index is -0.384. The molecule has 0 aliphatic heterocycles. The van der Waals surface area contributed by atoms with Gasteiger partial charge in [0.25, 0.3) is 11.8 Å². The molecular formula is C23H23N5O2S. The van der Waals surface area contributed by atoms with Crippen LogP contribution in [-0.2, 0) is 12.1 Å². The summed E-state index contributed by atoms with van der Waals surface area (Å²) in [6, 6.07) is 18.6. The average molecular weight is 434 g/mol. The van der Waals surface area contributed by atoms with Gasteiger partial charge in [-0.1, -0.05) is 59.9 Å². The first-order valence-electron chi connectivity index (χ1n) is 9.91. The van der Waals surface area contributed by atoms with Crippen LogP contribution in [0.4, 0.5) is 5.13 Å². The highest BCUT2D eigenvalue weighted by molar-refractivity contribution is 7.22. The van der Waals surface area contributed by atoms with E-state index in [9.17, 15) is 9.59 Å². The summed E-state index contributed by atoms with van der Waals surface area (Å²) in [5.74, 6) is -0.524. The van der Waals surface area contributed by atoms with Crippen LogP contribution in [0, 0.1) is 0 Å². The van der Waals surface area contributed by atoms with Crippen molar-refractivity contribution >= 4 is 38.6 Å². The van der Waals surface area contributed by atoms with E-state index in [0.717, 1.165) is 5.56 Å². The number of rotatable bonds is 5. The molecule has 0 saturated heterocycles. The lowest BCUT2D eigenvalue weighted by Crippen LogP contribution is -2.26. The second-order valence-corrected chi connectivity index (χ2v) is 9.09. The number of anilines is 1. The molecule has 2 N–H and O–H groups in total. The van der Waals surface area contributed by atoms with Crippen LogP contribution in [0.2, 0.25) is 0 Å². The number of hydrogen-bond acceptors (Lipinski definition) is 5. The van der Waals surface area contributed by atoms with Crippen molar-refractivity contribution < 1.29 is 9.59 Å². The number of carbonyl (C=O) groups is 2. The van der Waals surface area contributed by atoms with Gasteiger partial charge >= 0.3 is 0 Å². The van der Waals surface area contributed by atoms with Crippen LogP contribution in [0.1, 0.15) is 47.2 Å². The number of nitrogens with one attached hydrogen (secondary N) is 2. The maximum atomic E-state index is 12.9. The Kier molecular flexibility index (Phi) is 5.56. The number of fused-ring (bicyclic) bond motifs is 1. The third-order valence-corrected chi connectivity index (χ3v) is 5.59. The first-order valence-corrected chi connectivity index (χ1v) is 10.7. The van der Waals surface area contributed by atoms with E-state index in [1.54, 1.807) is 28.9 Å². The molecule has 0 aliphatic carbocycles. The van der Waals surface area contributed by atoms with Crippen molar-refractivity contribution in [3.05, 3.63) is 77.5 Å². The Morgan fingerprint density at radius 2 is 1.61 bits per heavy atom. The third kappa shape index (κ3) is 4.49. The van der Waals surface area contributed by atoms with Gasteiger partial charge in [-0.3, -0.25) is 14.9 Å². The largest absolute Gasteiger partial charge is 0.347 e. The number of aromatic nitrogens is 3. The van der Waals surface area contributed by atoms with Crippen LogP contribution in [0.25, 0.3) is 10.3 Å². The van der Waals surface area contributed by atoms with Gasteiger partial charge in [0.2, 0.25) is 0 Å². The predicted molar refractivity (Wildman–Crippen MR) is 122 cm³/mol. The average Bonchev–Trinajstić information content (AvgIpc) is 3.31. The number of hydrogen-bond donors (Lipinski definition) is 2. The Balaban J connectivity index is 1.64. The van der Waals surface area contributed by atoms with E-state index in [1.807, 2.05) is 57.2 Å². The number of benzene rings is 2. The van der Waals surface area contributed by atoms with Crippen LogP contribution in [0.15, 0.2) is 60.7 Å². The molecule has 0 aliphatic rings. The van der Waals surface area contributed by atoms with Crippen molar-refractivity contribution in [3.8, 4) is 0 Å². The Labute approximate surface area is 184 Å². The molecular weight excluding hydrogens is 410 g/mol. The van der Waals surface area contributed by atoms with E-state index in [4.69, 9.17) is 0 Å². The molecule has 2 heterocycles. The summed E-state index contributed by atoms with van der Waals surface area (Å²) in [5, 5.41) is 10.7. The lowest BCUT2D eigenvalue weighted by atomic mass is 10.1. The molecule has 0 bridgehead atoms. The highest BCUT2D eigenvalue weighted by Gasteiger charge is 2.27. The molecule has 2 amide bonds. The molecule has 4 aromatic rings. The van der Waals surface area contributed by atoms with Gasteiger partial charge in [0.1, 0.15) is 4.70 Å². The highest BCUT2D eigenvalue weighted by atomic mass is 32.1. The number of amides is 2. The van der Waals surface area contributed by atoms with Gasteiger partial charge in [-0.15, -0.1) is 0 Å². The Morgan fingerprint density at radius 1 is 0.968 bits per heavy atom. The van der Waals surface area contributed by atoms with Gasteiger partial charge in [0.15, 0.2) is 16.5 Å². The van der Waals surface area contributed by atoms with Gasteiger partial charge in [-0.05, 0) is 38.5 Å². The van der Waals surface area contributed by atoms with Crippen molar-refractivity contribution in [3.63, 3.8) is 0 Å². The van der Waals surface area contributed by atoms with Gasteiger partial charge in [-0.2, -0.15) is 10.1 Å². The van der Waals surface area contributed by atoms with Gasteiger partial charge in [0, 0.05) is 12.1 Å². The zero-order valence-corrected chi connectivity index (χ0v) is 18.4. The molecule has 31 heavy (non-hydrogen) atoms. The maximum absolute atomic E-state index is 12.9. The second kappa shape index (κ2) is 8.31. The first-order chi connectivity index (χ1) is 14.8. The smallest absolute Gasteiger partial charge is 0.273 e. The molecule has 2 aromatic heterocycles. The summed E-state index contributed by atoms with van der Waals surface area (Å²) >= 11 is 1.25. The molecule has 0 saturated carbocycles. The van der Waals surface area contributed by atoms with Crippen molar-refractivity contribution in [2.75, 3.05) is 5.32 Å². The second-order valence-electron chi connectivity index (χ2n) is 8.09. The number of carbonyl (C=O) groups excluding carboxylic acids is 2. The van der Waals surface area contributed by atoms with E-state index < -0.39 is 0 Å². The zero-order chi connectivity index (χ0) is 22.0. The summed E-state index contributed by atoms with van der Waals surface area (Å²) in [6.45, 7) is 6.38. The minimum Gasteiger partial charge on any atom is -0.347 e. The normalized spacial score (nSPS) is 11.5. The fourth-order valence-electron chi connectivity index (χ4n) is 3.09. The summed E-state index contributed by atoms with van der Waals surface area (Å²) < 4.78 is 2.37. The lowest BCUT2D eigenvalue weighted by Gasteiger charge is -2.19. The number of nitrogens with zero attached hydrogens (tertiary/aromatic N) is 3. The SMILES string of the molecule is CC(C)(C)n1nc(C(=O)NCc2ccccc2)c2sc(NC(=O)c3ccccc3)nc21. The van der Waals surface area contributed by atoms with E-state index in [2.05, 4.69) is 20.7 Å². The Bertz CT molecular complexity index is 1220. The van der Waals surface area contributed by atoms with Gasteiger partial charge in [0.05, 0.1) is 5.54 Å². The van der Waals surface area contributed by atoms with E-state index in [-0.39, 0.29) is 17.4 Å². The maximum Gasteiger partial charge on any atom is 0.273 e. The van der Waals surface area contributed by atoms with E-state index >= 15 is 0 Å². The third-order valence-electron chi connectivity index (χ3n) is 4.63. The summed E-state index contributed by atoms with van der Waals surface area (Å²) in [6.07, 6.45) is 0. The van der Waals surface area contributed by atoms with Gasteiger partial charge in [-0.25, -0.2) is 4.68 Å². The predicted octanol–water partition coefficient (Wildman–Crippen LogP) is 4.43. The first kappa shape index (κ1) is 20.7. The topological polar surface area (TPSA) is 88.9 Å². The number of thiazole rings is 1. The molecule has 8 heteroatoms. The Morgan fingerprint density at radius 3 is 2.26 bits per heavy atom. The van der Waals surface area contributed by atoms with Crippen LogP contribution in [0.3, 0.4) is 0 Å². The molecule has 7 nitrogen and oxygen atoms in total. The van der Waals surface area contributed by atoms with Gasteiger partial charge < -0.3 is 5.32 Å². The van der Waals surface area contributed by atoms with E-state index in [0.29, 0.717) is 33.3 Å². The molecule has 158 valence electrons. The standard InChI is InChI=1S/C23H23N5O2S/c1-23(2,3)28-19-18(17(27-28)21(30)24-14-15-10-6-4-7-11-15)31-22(25-19)26-20(29)16-12-8-5-9-13-16/h4-13H,14H2,1-3H3,(H,24,30)(H,25,26,29). The Hall–Kier alpha value is -3.52. The molecule has 0 atom stereocenters. The summed E-state index contributed by atoms with van der Waals surface area (Å²) in [5.41, 5.74) is 2.04. The fraction of sp³-hybridized carbons (Fsp3) is 0.217. The van der Waals surface area contributed by atoms with Crippen LogP contribution >= 0.6 is 11.3 Å². The van der Waals surface area contributed by atoms with Crippen LogP contribution in [-0.4, -0.2) is 26.6 Å². The fourth-order valence-corrected chi connectivity index (χ4v) is 4.02. The molecule has 0 spiro atoms. The monoisotopic (exact) mass is 433 g/mol. The van der Waals surface area contributed by atoms with Crippen molar-refractivity contribution in [2.24, 2.45) is 0 Å². The van der Waals surface area contributed by atoms with Crippen LogP contribution < -0.4 is 10.6 Å². The van der Waals surface area contributed by atoms with E-state index in [1.165, 1.54) is 11.3 Å². The van der Waals surface area contributed by atoms with Crippen molar-refractivity contribution in [1.82, 2.24) is 20.1 Å². The highest BCUT2D eigenvalue weighted by Crippen LogP contribution is 2.32. The minimum absolute atomic E-state index is 0.248. The van der Waals surface area contributed by atoms with Crippen molar-refractivity contribution in [2.45, 2.75) is 32.9 Å². The molecule has 0 unspecified atom stereocenters. The molecule has 4 rings (SSSR count). The molecule has 0 fully saturated rings. The summed E-state index contributed by atoms with van der Waals surface area (Å²) in [4.78, 5) is 30.0.